The number of carbonyl (C=O) groups is 2. The topological polar surface area (TPSA) is 94.3 Å². The zero-order valence-electron chi connectivity index (χ0n) is 13.7. The molecule has 0 radical (unpaired) electrons. The van der Waals surface area contributed by atoms with E-state index in [4.69, 9.17) is 4.74 Å². The normalized spacial score (nSPS) is 14.7. The molecule has 1 aliphatic heterocycles. The third-order valence-corrected chi connectivity index (χ3v) is 3.83. The molecular weight excluding hydrogens is 312 g/mol. The van der Waals surface area contributed by atoms with Crippen LogP contribution >= 0.6 is 0 Å². The molecule has 2 amide bonds. The molecule has 0 spiro atoms. The number of amides is 2. The summed E-state index contributed by atoms with van der Waals surface area (Å²) in [4.78, 5) is 26.8. The Kier molecular flexibility index (Phi) is 4.61. The first-order chi connectivity index (χ1) is 11.6. The Bertz CT molecular complexity index is 744. The average molecular weight is 332 g/mol. The lowest BCUT2D eigenvalue weighted by atomic mass is 10.2. The van der Waals surface area contributed by atoms with Crippen molar-refractivity contribution >= 4 is 17.5 Å². The van der Waals surface area contributed by atoms with Crippen LogP contribution in [0.2, 0.25) is 0 Å². The smallest absolute Gasteiger partial charge is 0.276 e. The predicted octanol–water partition coefficient (Wildman–Crippen LogP) is 0.361. The van der Waals surface area contributed by atoms with E-state index in [1.807, 2.05) is 6.92 Å². The maximum atomic E-state index is 12.8. The minimum absolute atomic E-state index is 0.158. The Hall–Kier alpha value is -2.68. The standard InChI is InChI=1S/C15H20N6O3/c1-3-21-13(15(23)20-6-8-24-9-7-20)12(10-16-21)17-14(22)11-4-5-19(2)18-11/h4-5,10H,3,6-9H2,1-2H3,(H,17,22). The molecule has 9 nitrogen and oxygen atoms in total. The highest BCUT2D eigenvalue weighted by Crippen LogP contribution is 2.19. The van der Waals surface area contributed by atoms with Gasteiger partial charge >= 0.3 is 0 Å². The molecule has 0 saturated carbocycles. The van der Waals surface area contributed by atoms with Gasteiger partial charge in [-0.05, 0) is 13.0 Å². The molecular formula is C15H20N6O3. The molecule has 0 aromatic carbocycles. The number of ether oxygens (including phenoxy) is 1. The van der Waals surface area contributed by atoms with E-state index in [1.54, 1.807) is 33.6 Å². The fourth-order valence-electron chi connectivity index (χ4n) is 2.58. The molecule has 24 heavy (non-hydrogen) atoms. The lowest BCUT2D eigenvalue weighted by Gasteiger charge is -2.27. The highest BCUT2D eigenvalue weighted by Gasteiger charge is 2.26. The highest BCUT2D eigenvalue weighted by molar-refractivity contribution is 6.07. The summed E-state index contributed by atoms with van der Waals surface area (Å²) < 4.78 is 8.42. The fourth-order valence-corrected chi connectivity index (χ4v) is 2.58. The second kappa shape index (κ2) is 6.83. The zero-order chi connectivity index (χ0) is 17.1. The fraction of sp³-hybridized carbons (Fsp3) is 0.467. The molecule has 9 heteroatoms. The van der Waals surface area contributed by atoms with Gasteiger partial charge in [-0.1, -0.05) is 0 Å². The van der Waals surface area contributed by atoms with Crippen LogP contribution in [0.5, 0.6) is 0 Å². The first-order valence-corrected chi connectivity index (χ1v) is 7.84. The number of hydrogen-bond donors (Lipinski definition) is 1. The largest absolute Gasteiger partial charge is 0.378 e. The van der Waals surface area contributed by atoms with Crippen LogP contribution in [0.1, 0.15) is 27.9 Å². The van der Waals surface area contributed by atoms with Gasteiger partial charge in [0.05, 0.1) is 25.1 Å². The van der Waals surface area contributed by atoms with Crippen molar-refractivity contribution in [2.24, 2.45) is 7.05 Å². The van der Waals surface area contributed by atoms with Gasteiger partial charge in [-0.3, -0.25) is 19.0 Å². The van der Waals surface area contributed by atoms with Crippen LogP contribution < -0.4 is 5.32 Å². The van der Waals surface area contributed by atoms with Gasteiger partial charge in [-0.15, -0.1) is 0 Å². The lowest BCUT2D eigenvalue weighted by Crippen LogP contribution is -2.41. The van der Waals surface area contributed by atoms with Gasteiger partial charge in [0.15, 0.2) is 5.69 Å². The Morgan fingerprint density at radius 2 is 2.08 bits per heavy atom. The average Bonchev–Trinajstić information content (AvgIpc) is 3.21. The Balaban J connectivity index is 1.84. The number of rotatable bonds is 4. The number of aryl methyl sites for hydroxylation is 2. The molecule has 3 rings (SSSR count). The van der Waals surface area contributed by atoms with E-state index in [-0.39, 0.29) is 17.5 Å². The summed E-state index contributed by atoms with van der Waals surface area (Å²) in [5.41, 5.74) is 1.05. The molecule has 0 unspecified atom stereocenters. The molecule has 1 N–H and O–H groups in total. The molecule has 2 aromatic heterocycles. The van der Waals surface area contributed by atoms with Crippen molar-refractivity contribution in [2.45, 2.75) is 13.5 Å². The second-order valence-corrected chi connectivity index (χ2v) is 5.46. The minimum atomic E-state index is -0.373. The number of aromatic nitrogens is 4. The molecule has 1 fully saturated rings. The SMILES string of the molecule is CCn1ncc(NC(=O)c2ccn(C)n2)c1C(=O)N1CCOCC1. The van der Waals surface area contributed by atoms with Crippen LogP contribution in [-0.2, 0) is 18.3 Å². The van der Waals surface area contributed by atoms with Crippen molar-refractivity contribution in [3.05, 3.63) is 29.8 Å². The summed E-state index contributed by atoms with van der Waals surface area (Å²) in [6, 6.07) is 1.61. The lowest BCUT2D eigenvalue weighted by molar-refractivity contribution is 0.0295. The molecule has 2 aromatic rings. The van der Waals surface area contributed by atoms with Crippen molar-refractivity contribution in [3.63, 3.8) is 0 Å². The minimum Gasteiger partial charge on any atom is -0.378 e. The van der Waals surface area contributed by atoms with Gasteiger partial charge in [0, 0.05) is 32.9 Å². The molecule has 0 aliphatic carbocycles. The van der Waals surface area contributed by atoms with E-state index in [0.29, 0.717) is 44.2 Å². The summed E-state index contributed by atoms with van der Waals surface area (Å²) in [5.74, 6) is -0.531. The van der Waals surface area contributed by atoms with Crippen molar-refractivity contribution < 1.29 is 14.3 Å². The molecule has 0 atom stereocenters. The number of morpholine rings is 1. The van der Waals surface area contributed by atoms with Gasteiger partial charge < -0.3 is 15.0 Å². The van der Waals surface area contributed by atoms with Crippen molar-refractivity contribution in [1.29, 1.82) is 0 Å². The molecule has 0 bridgehead atoms. The van der Waals surface area contributed by atoms with Crippen LogP contribution in [0, 0.1) is 0 Å². The van der Waals surface area contributed by atoms with Gasteiger partial charge in [-0.2, -0.15) is 10.2 Å². The van der Waals surface area contributed by atoms with Crippen LogP contribution in [0.25, 0.3) is 0 Å². The first kappa shape index (κ1) is 16.2. The van der Waals surface area contributed by atoms with E-state index in [9.17, 15) is 9.59 Å². The third kappa shape index (κ3) is 3.16. The summed E-state index contributed by atoms with van der Waals surface area (Å²) in [6.45, 7) is 4.52. The number of anilines is 1. The number of carbonyl (C=O) groups excluding carboxylic acids is 2. The predicted molar refractivity (Wildman–Crippen MR) is 85.8 cm³/mol. The monoisotopic (exact) mass is 332 g/mol. The number of nitrogens with zero attached hydrogens (tertiary/aromatic N) is 5. The van der Waals surface area contributed by atoms with Crippen LogP contribution in [0.4, 0.5) is 5.69 Å². The molecule has 3 heterocycles. The van der Waals surface area contributed by atoms with Gasteiger partial charge in [0.2, 0.25) is 0 Å². The van der Waals surface area contributed by atoms with E-state index >= 15 is 0 Å². The molecule has 1 saturated heterocycles. The molecule has 128 valence electrons. The highest BCUT2D eigenvalue weighted by atomic mass is 16.5. The quantitative estimate of drug-likeness (QED) is 0.872. The van der Waals surface area contributed by atoms with Crippen LogP contribution in [0.15, 0.2) is 18.5 Å². The van der Waals surface area contributed by atoms with Crippen molar-refractivity contribution in [1.82, 2.24) is 24.5 Å². The van der Waals surface area contributed by atoms with E-state index in [1.165, 1.54) is 6.20 Å². The van der Waals surface area contributed by atoms with Crippen molar-refractivity contribution in [3.8, 4) is 0 Å². The Morgan fingerprint density at radius 1 is 1.33 bits per heavy atom. The van der Waals surface area contributed by atoms with Crippen LogP contribution in [-0.4, -0.2) is 62.6 Å². The van der Waals surface area contributed by atoms with Gasteiger partial charge in [0.25, 0.3) is 11.8 Å². The van der Waals surface area contributed by atoms with Gasteiger partial charge in [0.1, 0.15) is 5.69 Å². The molecule has 1 aliphatic rings. The summed E-state index contributed by atoms with van der Waals surface area (Å²) in [6.07, 6.45) is 3.18. The van der Waals surface area contributed by atoms with E-state index < -0.39 is 0 Å². The number of hydrogen-bond acceptors (Lipinski definition) is 5. The second-order valence-electron chi connectivity index (χ2n) is 5.46. The van der Waals surface area contributed by atoms with Crippen molar-refractivity contribution in [2.75, 3.05) is 31.6 Å². The number of nitrogens with one attached hydrogen (secondary N) is 1. The maximum absolute atomic E-state index is 12.8. The van der Waals surface area contributed by atoms with Crippen LogP contribution in [0.3, 0.4) is 0 Å². The summed E-state index contributed by atoms with van der Waals surface area (Å²) >= 11 is 0. The van der Waals surface area contributed by atoms with E-state index in [0.717, 1.165) is 0 Å². The Labute approximate surface area is 139 Å². The summed E-state index contributed by atoms with van der Waals surface area (Å²) in [5, 5.41) is 11.0. The van der Waals surface area contributed by atoms with Gasteiger partial charge in [-0.25, -0.2) is 0 Å². The Morgan fingerprint density at radius 3 is 2.71 bits per heavy atom. The first-order valence-electron chi connectivity index (χ1n) is 7.84. The maximum Gasteiger partial charge on any atom is 0.276 e. The zero-order valence-corrected chi connectivity index (χ0v) is 13.7. The third-order valence-electron chi connectivity index (χ3n) is 3.83. The summed E-state index contributed by atoms with van der Waals surface area (Å²) in [7, 11) is 1.74. The van der Waals surface area contributed by atoms with E-state index in [2.05, 4.69) is 15.5 Å².